The lowest BCUT2D eigenvalue weighted by atomic mass is 9.96. The van der Waals surface area contributed by atoms with Crippen LogP contribution in [0.5, 0.6) is 0 Å². The van der Waals surface area contributed by atoms with E-state index in [-0.39, 0.29) is 22.4 Å². The maximum Gasteiger partial charge on any atom is 0.175 e. The molecular formula is C21H22FNO3S. The molecule has 0 amide bonds. The molecule has 0 bridgehead atoms. The van der Waals surface area contributed by atoms with Crippen LogP contribution in [0.3, 0.4) is 0 Å². The van der Waals surface area contributed by atoms with Crippen molar-refractivity contribution in [2.45, 2.75) is 11.3 Å². The fourth-order valence-corrected chi connectivity index (χ4v) is 4.11. The van der Waals surface area contributed by atoms with Gasteiger partial charge in [-0.3, -0.25) is 4.79 Å². The monoisotopic (exact) mass is 387 g/mol. The van der Waals surface area contributed by atoms with Crippen LogP contribution in [-0.4, -0.2) is 46.0 Å². The van der Waals surface area contributed by atoms with E-state index in [1.54, 1.807) is 36.4 Å². The van der Waals surface area contributed by atoms with E-state index >= 15 is 0 Å². The largest absolute Gasteiger partial charge is 0.309 e. The predicted octanol–water partition coefficient (Wildman–Crippen LogP) is 3.29. The van der Waals surface area contributed by atoms with Gasteiger partial charge in [0.05, 0.1) is 4.90 Å². The minimum absolute atomic E-state index is 0.0393. The summed E-state index contributed by atoms with van der Waals surface area (Å²) in [5.74, 6) is -0.490. The summed E-state index contributed by atoms with van der Waals surface area (Å²) in [7, 11) is 0.558. The Morgan fingerprint density at radius 1 is 1.00 bits per heavy atom. The van der Waals surface area contributed by atoms with Crippen molar-refractivity contribution in [3.8, 4) is 0 Å². The molecule has 142 valence electrons. The standard InChI is InChI=1S/C21H22FNO3S/c1-23(2)13-16-12-19(14-6-10-18(11-7-14)27(3,25)26)20(21(16)24)15-4-8-17(22)9-5-15/h4-11,16H,12-13H2,1-3H3. The van der Waals surface area contributed by atoms with E-state index < -0.39 is 9.84 Å². The van der Waals surface area contributed by atoms with Gasteiger partial charge < -0.3 is 4.90 Å². The highest BCUT2D eigenvalue weighted by molar-refractivity contribution is 7.90. The number of Topliss-reactive ketones (excluding diaryl/α,β-unsaturated/α-hetero) is 1. The predicted molar refractivity (Wildman–Crippen MR) is 104 cm³/mol. The molecule has 1 aliphatic carbocycles. The molecular weight excluding hydrogens is 365 g/mol. The number of carbonyl (C=O) groups is 1. The first-order valence-electron chi connectivity index (χ1n) is 8.65. The molecule has 3 rings (SSSR count). The normalized spacial score (nSPS) is 17.8. The second kappa shape index (κ2) is 7.37. The highest BCUT2D eigenvalue weighted by atomic mass is 32.2. The van der Waals surface area contributed by atoms with E-state index in [0.717, 1.165) is 17.4 Å². The van der Waals surface area contributed by atoms with Gasteiger partial charge in [0.1, 0.15) is 5.82 Å². The molecule has 2 aromatic rings. The fraction of sp³-hybridized carbons (Fsp3) is 0.286. The molecule has 0 heterocycles. The molecule has 6 heteroatoms. The molecule has 27 heavy (non-hydrogen) atoms. The quantitative estimate of drug-likeness (QED) is 0.790. The summed E-state index contributed by atoms with van der Waals surface area (Å²) in [6.45, 7) is 0.619. The van der Waals surface area contributed by atoms with E-state index in [4.69, 9.17) is 0 Å². The van der Waals surface area contributed by atoms with E-state index in [0.29, 0.717) is 24.1 Å². The van der Waals surface area contributed by atoms with Crippen LogP contribution in [0.1, 0.15) is 17.5 Å². The minimum atomic E-state index is -3.28. The topological polar surface area (TPSA) is 54.5 Å². The van der Waals surface area contributed by atoms with Crippen LogP contribution in [0.4, 0.5) is 4.39 Å². The molecule has 1 unspecified atom stereocenters. The van der Waals surface area contributed by atoms with Crippen molar-refractivity contribution < 1.29 is 17.6 Å². The smallest absolute Gasteiger partial charge is 0.175 e. The number of hydrogen-bond acceptors (Lipinski definition) is 4. The molecule has 0 N–H and O–H groups in total. The van der Waals surface area contributed by atoms with Gasteiger partial charge in [0, 0.05) is 24.3 Å². The summed E-state index contributed by atoms with van der Waals surface area (Å²) < 4.78 is 36.7. The van der Waals surface area contributed by atoms with Gasteiger partial charge in [0.25, 0.3) is 0 Å². The zero-order valence-corrected chi connectivity index (χ0v) is 16.4. The lowest BCUT2D eigenvalue weighted by Gasteiger charge is -2.15. The summed E-state index contributed by atoms with van der Waals surface area (Å²) >= 11 is 0. The fourth-order valence-electron chi connectivity index (χ4n) is 3.48. The molecule has 4 nitrogen and oxygen atoms in total. The molecule has 0 saturated heterocycles. The zero-order chi connectivity index (χ0) is 19.8. The maximum absolute atomic E-state index is 13.3. The summed E-state index contributed by atoms with van der Waals surface area (Å²) in [5, 5.41) is 0. The van der Waals surface area contributed by atoms with Gasteiger partial charge in [-0.25, -0.2) is 12.8 Å². The Morgan fingerprint density at radius 3 is 2.07 bits per heavy atom. The van der Waals surface area contributed by atoms with Crippen LogP contribution < -0.4 is 0 Å². The highest BCUT2D eigenvalue weighted by Gasteiger charge is 2.34. The van der Waals surface area contributed by atoms with Crippen molar-refractivity contribution >= 4 is 26.8 Å². The first kappa shape index (κ1) is 19.5. The van der Waals surface area contributed by atoms with Crippen LogP contribution in [0, 0.1) is 11.7 Å². The van der Waals surface area contributed by atoms with E-state index in [2.05, 4.69) is 0 Å². The van der Waals surface area contributed by atoms with Gasteiger partial charge in [-0.2, -0.15) is 0 Å². The summed E-state index contributed by atoms with van der Waals surface area (Å²) in [5.41, 5.74) is 2.97. The second-order valence-corrected chi connectivity index (χ2v) is 9.20. The summed E-state index contributed by atoms with van der Waals surface area (Å²) in [6.07, 6.45) is 1.74. The zero-order valence-electron chi connectivity index (χ0n) is 15.6. The van der Waals surface area contributed by atoms with Crippen LogP contribution in [-0.2, 0) is 14.6 Å². The first-order valence-corrected chi connectivity index (χ1v) is 10.5. The number of allylic oxidation sites excluding steroid dienone is 2. The Kier molecular flexibility index (Phi) is 5.31. The van der Waals surface area contributed by atoms with E-state index in [1.165, 1.54) is 12.1 Å². The Balaban J connectivity index is 2.08. The number of rotatable bonds is 5. The van der Waals surface area contributed by atoms with Gasteiger partial charge in [0.15, 0.2) is 15.6 Å². The Hall–Kier alpha value is -2.31. The lowest BCUT2D eigenvalue weighted by molar-refractivity contribution is -0.117. The van der Waals surface area contributed by atoms with Crippen molar-refractivity contribution in [1.82, 2.24) is 4.90 Å². The van der Waals surface area contributed by atoms with Crippen molar-refractivity contribution in [3.63, 3.8) is 0 Å². The number of halogens is 1. The average Bonchev–Trinajstić information content (AvgIpc) is 2.91. The molecule has 0 saturated carbocycles. The Morgan fingerprint density at radius 2 is 1.56 bits per heavy atom. The first-order chi connectivity index (χ1) is 12.7. The molecule has 0 aliphatic heterocycles. The molecule has 0 radical (unpaired) electrons. The van der Waals surface area contributed by atoms with Gasteiger partial charge >= 0.3 is 0 Å². The third-order valence-electron chi connectivity index (χ3n) is 4.72. The molecule has 0 spiro atoms. The number of benzene rings is 2. The van der Waals surface area contributed by atoms with Gasteiger partial charge in [-0.05, 0) is 61.5 Å². The summed E-state index contributed by atoms with van der Waals surface area (Å²) in [4.78, 5) is 15.3. The van der Waals surface area contributed by atoms with Crippen molar-refractivity contribution in [1.29, 1.82) is 0 Å². The van der Waals surface area contributed by atoms with Gasteiger partial charge in [-0.1, -0.05) is 24.3 Å². The third kappa shape index (κ3) is 4.17. The van der Waals surface area contributed by atoms with Gasteiger partial charge in [-0.15, -0.1) is 0 Å². The molecule has 1 aliphatic rings. The van der Waals surface area contributed by atoms with Crippen LogP contribution in [0.25, 0.3) is 11.1 Å². The number of sulfone groups is 1. The molecule has 0 aromatic heterocycles. The number of ketones is 1. The SMILES string of the molecule is CN(C)CC1CC(c2ccc(S(C)(=O)=O)cc2)=C(c2ccc(F)cc2)C1=O. The van der Waals surface area contributed by atoms with Crippen molar-refractivity contribution in [2.24, 2.45) is 5.92 Å². The molecule has 1 atom stereocenters. The van der Waals surface area contributed by atoms with Crippen molar-refractivity contribution in [2.75, 3.05) is 26.9 Å². The van der Waals surface area contributed by atoms with E-state index in [1.807, 2.05) is 19.0 Å². The second-order valence-electron chi connectivity index (χ2n) is 7.18. The van der Waals surface area contributed by atoms with Crippen molar-refractivity contribution in [3.05, 3.63) is 65.5 Å². The van der Waals surface area contributed by atoms with Crippen LogP contribution in [0.2, 0.25) is 0 Å². The minimum Gasteiger partial charge on any atom is -0.309 e. The average molecular weight is 387 g/mol. The third-order valence-corrected chi connectivity index (χ3v) is 5.85. The highest BCUT2D eigenvalue weighted by Crippen LogP contribution is 2.41. The number of hydrogen-bond donors (Lipinski definition) is 0. The summed E-state index contributed by atoms with van der Waals surface area (Å²) in [6, 6.07) is 12.5. The molecule has 0 fully saturated rings. The Bertz CT molecular complexity index is 991. The number of nitrogens with zero attached hydrogens (tertiary/aromatic N) is 1. The Labute approximate surface area is 159 Å². The molecule has 2 aromatic carbocycles. The maximum atomic E-state index is 13.3. The lowest BCUT2D eigenvalue weighted by Crippen LogP contribution is -2.25. The van der Waals surface area contributed by atoms with Crippen LogP contribution >= 0.6 is 0 Å². The van der Waals surface area contributed by atoms with E-state index in [9.17, 15) is 17.6 Å². The van der Waals surface area contributed by atoms with Crippen LogP contribution in [0.15, 0.2) is 53.4 Å². The number of carbonyl (C=O) groups excluding carboxylic acids is 1. The van der Waals surface area contributed by atoms with Gasteiger partial charge in [0.2, 0.25) is 0 Å².